The number of ether oxygens (including phenoxy) is 1. The standard InChI is InChI=1S/C23H26N2O5/c1-23(2,3)30-22(29)25-14-18(13-19(25)21(27)28)24-20(26)17-11-9-16(10-12-17)15-7-5-4-6-8-15/h4-12,18-19H,13-14H2,1-3H3,(H,24,26)(H,27,28)/t18-,19-/m0/s1. The lowest BCUT2D eigenvalue weighted by Crippen LogP contribution is -2.44. The maximum atomic E-state index is 12.6. The van der Waals surface area contributed by atoms with Crippen molar-refractivity contribution in [3.8, 4) is 11.1 Å². The number of nitrogens with zero attached hydrogens (tertiary/aromatic N) is 1. The van der Waals surface area contributed by atoms with Gasteiger partial charge >= 0.3 is 12.1 Å². The molecule has 0 spiro atoms. The minimum Gasteiger partial charge on any atom is -0.480 e. The molecule has 2 aromatic rings. The molecule has 0 aliphatic carbocycles. The summed E-state index contributed by atoms with van der Waals surface area (Å²) in [6, 6.07) is 15.5. The van der Waals surface area contributed by atoms with Crippen molar-refractivity contribution < 1.29 is 24.2 Å². The Hall–Kier alpha value is -3.35. The number of benzene rings is 2. The molecular weight excluding hydrogens is 384 g/mol. The molecule has 1 heterocycles. The van der Waals surface area contributed by atoms with Gasteiger partial charge in [-0.3, -0.25) is 9.69 Å². The third-order valence-corrected chi connectivity index (χ3v) is 4.80. The van der Waals surface area contributed by atoms with Gasteiger partial charge in [-0.25, -0.2) is 9.59 Å². The van der Waals surface area contributed by atoms with E-state index in [4.69, 9.17) is 4.74 Å². The van der Waals surface area contributed by atoms with Crippen LogP contribution in [0.4, 0.5) is 4.79 Å². The number of hydrogen-bond acceptors (Lipinski definition) is 4. The highest BCUT2D eigenvalue weighted by molar-refractivity contribution is 5.95. The quantitative estimate of drug-likeness (QED) is 0.804. The van der Waals surface area contributed by atoms with Crippen molar-refractivity contribution in [2.24, 2.45) is 0 Å². The molecule has 0 radical (unpaired) electrons. The summed E-state index contributed by atoms with van der Waals surface area (Å²) in [6.07, 6.45) is -0.568. The SMILES string of the molecule is CC(C)(C)OC(=O)N1C[C@@H](NC(=O)c2ccc(-c3ccccc3)cc2)C[C@H]1C(=O)O. The molecule has 2 N–H and O–H groups in total. The van der Waals surface area contributed by atoms with E-state index in [0.29, 0.717) is 5.56 Å². The number of rotatable bonds is 4. The van der Waals surface area contributed by atoms with Gasteiger partial charge in [0.05, 0.1) is 0 Å². The number of aliphatic carboxylic acids is 1. The van der Waals surface area contributed by atoms with Gasteiger partial charge < -0.3 is 15.2 Å². The maximum absolute atomic E-state index is 12.6. The fraction of sp³-hybridized carbons (Fsp3) is 0.348. The summed E-state index contributed by atoms with van der Waals surface area (Å²) in [7, 11) is 0. The van der Waals surface area contributed by atoms with E-state index in [1.807, 2.05) is 42.5 Å². The predicted molar refractivity (Wildman–Crippen MR) is 112 cm³/mol. The molecule has 1 saturated heterocycles. The Bertz CT molecular complexity index is 919. The number of carboxylic acids is 1. The maximum Gasteiger partial charge on any atom is 0.411 e. The zero-order valence-corrected chi connectivity index (χ0v) is 17.3. The predicted octanol–water partition coefficient (Wildman–Crippen LogP) is 3.55. The smallest absolute Gasteiger partial charge is 0.411 e. The van der Waals surface area contributed by atoms with Crippen molar-refractivity contribution in [3.05, 3.63) is 60.2 Å². The van der Waals surface area contributed by atoms with Crippen LogP contribution in [0.3, 0.4) is 0 Å². The van der Waals surface area contributed by atoms with Gasteiger partial charge in [0.2, 0.25) is 0 Å². The van der Waals surface area contributed by atoms with Crippen LogP contribution in [0.1, 0.15) is 37.6 Å². The highest BCUT2D eigenvalue weighted by atomic mass is 16.6. The molecule has 0 aromatic heterocycles. The van der Waals surface area contributed by atoms with Crippen molar-refractivity contribution in [1.29, 1.82) is 0 Å². The number of hydrogen-bond donors (Lipinski definition) is 2. The molecule has 0 bridgehead atoms. The fourth-order valence-electron chi connectivity index (χ4n) is 3.41. The fourth-order valence-corrected chi connectivity index (χ4v) is 3.41. The van der Waals surface area contributed by atoms with Crippen LogP contribution in [0.5, 0.6) is 0 Å². The molecule has 3 rings (SSSR count). The highest BCUT2D eigenvalue weighted by Crippen LogP contribution is 2.23. The summed E-state index contributed by atoms with van der Waals surface area (Å²) >= 11 is 0. The Morgan fingerprint density at radius 1 is 1.00 bits per heavy atom. The summed E-state index contributed by atoms with van der Waals surface area (Å²) in [5, 5.41) is 12.3. The number of nitrogens with one attached hydrogen (secondary N) is 1. The summed E-state index contributed by atoms with van der Waals surface area (Å²) in [5.41, 5.74) is 1.78. The lowest BCUT2D eigenvalue weighted by molar-refractivity contribution is -0.142. The van der Waals surface area contributed by atoms with E-state index in [1.165, 1.54) is 0 Å². The molecular formula is C23H26N2O5. The van der Waals surface area contributed by atoms with Crippen LogP contribution in [-0.2, 0) is 9.53 Å². The Morgan fingerprint density at radius 3 is 2.17 bits per heavy atom. The molecule has 1 fully saturated rings. The first-order valence-electron chi connectivity index (χ1n) is 9.83. The normalized spacial score (nSPS) is 18.7. The van der Waals surface area contributed by atoms with Crippen LogP contribution in [0.15, 0.2) is 54.6 Å². The Morgan fingerprint density at radius 2 is 1.60 bits per heavy atom. The molecule has 158 valence electrons. The van der Waals surface area contributed by atoms with Crippen LogP contribution in [0, 0.1) is 0 Å². The topological polar surface area (TPSA) is 95.9 Å². The number of likely N-dealkylation sites (tertiary alicyclic amines) is 1. The highest BCUT2D eigenvalue weighted by Gasteiger charge is 2.42. The first-order chi connectivity index (χ1) is 14.1. The van der Waals surface area contributed by atoms with E-state index in [2.05, 4.69) is 5.32 Å². The average molecular weight is 410 g/mol. The zero-order chi connectivity index (χ0) is 21.9. The summed E-state index contributed by atoms with van der Waals surface area (Å²) < 4.78 is 5.31. The Kier molecular flexibility index (Phi) is 6.10. The minimum absolute atomic E-state index is 0.0831. The van der Waals surface area contributed by atoms with E-state index in [-0.39, 0.29) is 18.9 Å². The molecule has 30 heavy (non-hydrogen) atoms. The van der Waals surface area contributed by atoms with Gasteiger partial charge in [-0.2, -0.15) is 0 Å². The van der Waals surface area contributed by atoms with Gasteiger partial charge in [0.25, 0.3) is 5.91 Å². The second-order valence-electron chi connectivity index (χ2n) is 8.34. The number of amides is 2. The molecule has 7 nitrogen and oxygen atoms in total. The second kappa shape index (κ2) is 8.57. The van der Waals surface area contributed by atoms with E-state index in [1.54, 1.807) is 32.9 Å². The largest absolute Gasteiger partial charge is 0.480 e. The lowest BCUT2D eigenvalue weighted by Gasteiger charge is -2.26. The molecule has 0 unspecified atom stereocenters. The number of carbonyl (C=O) groups is 3. The first-order valence-corrected chi connectivity index (χ1v) is 9.83. The van der Waals surface area contributed by atoms with E-state index >= 15 is 0 Å². The molecule has 2 aromatic carbocycles. The first kappa shape index (κ1) is 21.4. The van der Waals surface area contributed by atoms with E-state index in [9.17, 15) is 19.5 Å². The van der Waals surface area contributed by atoms with Crippen molar-refractivity contribution in [1.82, 2.24) is 10.2 Å². The molecule has 7 heteroatoms. The van der Waals surface area contributed by atoms with Crippen molar-refractivity contribution >= 4 is 18.0 Å². The third-order valence-electron chi connectivity index (χ3n) is 4.80. The summed E-state index contributed by atoms with van der Waals surface area (Å²) in [4.78, 5) is 37.8. The van der Waals surface area contributed by atoms with Gasteiger partial charge in [0.1, 0.15) is 11.6 Å². The third kappa shape index (κ3) is 5.17. The van der Waals surface area contributed by atoms with Crippen LogP contribution in [-0.4, -0.2) is 52.2 Å². The number of carboxylic acid groups (broad SMARTS) is 1. The number of carbonyl (C=O) groups excluding carboxylic acids is 2. The van der Waals surface area contributed by atoms with Crippen LogP contribution < -0.4 is 5.32 Å². The van der Waals surface area contributed by atoms with Crippen molar-refractivity contribution in [2.75, 3.05) is 6.54 Å². The Labute approximate surface area is 175 Å². The molecule has 1 aliphatic heterocycles. The van der Waals surface area contributed by atoms with Crippen molar-refractivity contribution in [2.45, 2.75) is 44.9 Å². The minimum atomic E-state index is -1.12. The summed E-state index contributed by atoms with van der Waals surface area (Å²) in [5.74, 6) is -1.43. The van der Waals surface area contributed by atoms with Crippen LogP contribution in [0.25, 0.3) is 11.1 Å². The van der Waals surface area contributed by atoms with Gasteiger partial charge in [-0.15, -0.1) is 0 Å². The van der Waals surface area contributed by atoms with Gasteiger partial charge in [0.15, 0.2) is 0 Å². The molecule has 1 aliphatic rings. The van der Waals surface area contributed by atoms with E-state index < -0.39 is 29.7 Å². The summed E-state index contributed by atoms with van der Waals surface area (Å²) in [6.45, 7) is 5.24. The average Bonchev–Trinajstić information content (AvgIpc) is 3.12. The van der Waals surface area contributed by atoms with E-state index in [0.717, 1.165) is 16.0 Å². The lowest BCUT2D eigenvalue weighted by atomic mass is 10.0. The van der Waals surface area contributed by atoms with Crippen molar-refractivity contribution in [3.63, 3.8) is 0 Å². The van der Waals surface area contributed by atoms with Gasteiger partial charge in [0, 0.05) is 24.6 Å². The van der Waals surface area contributed by atoms with Crippen LogP contribution in [0.2, 0.25) is 0 Å². The van der Waals surface area contributed by atoms with Crippen LogP contribution >= 0.6 is 0 Å². The zero-order valence-electron chi connectivity index (χ0n) is 17.3. The van der Waals surface area contributed by atoms with Gasteiger partial charge in [-0.1, -0.05) is 42.5 Å². The Balaban J connectivity index is 1.66. The molecule has 0 saturated carbocycles. The second-order valence-corrected chi connectivity index (χ2v) is 8.34. The molecule has 2 atom stereocenters. The monoisotopic (exact) mass is 410 g/mol. The molecule has 2 amide bonds. The van der Waals surface area contributed by atoms with Gasteiger partial charge in [-0.05, 0) is 44.0 Å².